The Kier molecular flexibility index (Phi) is 16.0. The van der Waals surface area contributed by atoms with Gasteiger partial charge in [0.1, 0.15) is 0 Å². The average molecular weight is 355 g/mol. The maximum atomic E-state index is 4.13. The molecule has 0 atom stereocenters. The van der Waals surface area contributed by atoms with Crippen molar-refractivity contribution < 1.29 is 0 Å². The van der Waals surface area contributed by atoms with Gasteiger partial charge in [-0.3, -0.25) is 4.99 Å². The summed E-state index contributed by atoms with van der Waals surface area (Å²) in [6.07, 6.45) is 6.66. The first-order valence-electron chi connectivity index (χ1n) is 6.65. The highest BCUT2D eigenvalue weighted by Gasteiger charge is 1.96. The molecule has 0 aromatic heterocycles. The molecule has 0 unspecified atom stereocenters. The van der Waals surface area contributed by atoms with Crippen molar-refractivity contribution in [3.05, 3.63) is 0 Å². The molecular formula is C13H30IN3. The zero-order valence-corrected chi connectivity index (χ0v) is 14.2. The van der Waals surface area contributed by atoms with Crippen LogP contribution in [0.5, 0.6) is 0 Å². The van der Waals surface area contributed by atoms with E-state index in [1.165, 1.54) is 32.1 Å². The first-order valence-corrected chi connectivity index (χ1v) is 6.65. The number of hydrogen-bond acceptors (Lipinski definition) is 1. The highest BCUT2D eigenvalue weighted by Crippen LogP contribution is 2.08. The van der Waals surface area contributed by atoms with Gasteiger partial charge in [-0.15, -0.1) is 24.0 Å². The number of halogens is 1. The number of nitrogens with one attached hydrogen (secondary N) is 2. The van der Waals surface area contributed by atoms with Gasteiger partial charge in [-0.2, -0.15) is 0 Å². The minimum absolute atomic E-state index is 0. The molecule has 0 saturated carbocycles. The van der Waals surface area contributed by atoms with E-state index in [-0.39, 0.29) is 24.0 Å². The Balaban J connectivity index is 0. The molecule has 0 radical (unpaired) electrons. The molecule has 0 bridgehead atoms. The summed E-state index contributed by atoms with van der Waals surface area (Å²) < 4.78 is 0. The number of rotatable bonds is 8. The van der Waals surface area contributed by atoms with Gasteiger partial charge in [0.15, 0.2) is 5.96 Å². The Hall–Kier alpha value is 0. The SMILES string of the molecule is CCNC(=NC)NCCCCCCC(C)C.I. The van der Waals surface area contributed by atoms with Crippen LogP contribution in [0.3, 0.4) is 0 Å². The zero-order chi connectivity index (χ0) is 12.2. The first kappa shape index (κ1) is 19.3. The van der Waals surface area contributed by atoms with E-state index in [2.05, 4.69) is 36.4 Å². The molecule has 0 aromatic rings. The van der Waals surface area contributed by atoms with E-state index in [4.69, 9.17) is 0 Å². The normalized spacial score (nSPS) is 11.2. The maximum Gasteiger partial charge on any atom is 0.190 e. The summed E-state index contributed by atoms with van der Waals surface area (Å²) in [6.45, 7) is 8.62. The van der Waals surface area contributed by atoms with Gasteiger partial charge in [0.05, 0.1) is 0 Å². The summed E-state index contributed by atoms with van der Waals surface area (Å²) in [5, 5.41) is 6.50. The molecule has 0 aromatic carbocycles. The van der Waals surface area contributed by atoms with Crippen LogP contribution in [0.1, 0.15) is 52.9 Å². The van der Waals surface area contributed by atoms with Gasteiger partial charge >= 0.3 is 0 Å². The van der Waals surface area contributed by atoms with Crippen molar-refractivity contribution in [3.63, 3.8) is 0 Å². The highest BCUT2D eigenvalue weighted by atomic mass is 127. The van der Waals surface area contributed by atoms with Gasteiger partial charge < -0.3 is 10.6 Å². The van der Waals surface area contributed by atoms with Gasteiger partial charge in [-0.1, -0.05) is 39.5 Å². The average Bonchev–Trinajstić information content (AvgIpc) is 2.26. The van der Waals surface area contributed by atoms with Crippen LogP contribution in [0.2, 0.25) is 0 Å². The van der Waals surface area contributed by atoms with Gasteiger partial charge in [-0.05, 0) is 19.3 Å². The summed E-state index contributed by atoms with van der Waals surface area (Å²) in [5.41, 5.74) is 0. The van der Waals surface area contributed by atoms with E-state index >= 15 is 0 Å². The quantitative estimate of drug-likeness (QED) is 0.303. The summed E-state index contributed by atoms with van der Waals surface area (Å²) in [7, 11) is 1.81. The lowest BCUT2D eigenvalue weighted by Crippen LogP contribution is -2.37. The molecule has 4 heteroatoms. The van der Waals surface area contributed by atoms with Crippen LogP contribution in [0, 0.1) is 5.92 Å². The number of hydrogen-bond donors (Lipinski definition) is 2. The second kappa shape index (κ2) is 14.1. The van der Waals surface area contributed by atoms with Crippen molar-refractivity contribution in [2.24, 2.45) is 10.9 Å². The smallest absolute Gasteiger partial charge is 0.190 e. The number of aliphatic imine (C=N–C) groups is 1. The third-order valence-electron chi connectivity index (χ3n) is 2.57. The molecule has 0 fully saturated rings. The summed E-state index contributed by atoms with van der Waals surface area (Å²) in [5.74, 6) is 1.77. The second-order valence-electron chi connectivity index (χ2n) is 4.63. The van der Waals surface area contributed by atoms with E-state index < -0.39 is 0 Å². The van der Waals surface area contributed by atoms with Crippen LogP contribution >= 0.6 is 24.0 Å². The van der Waals surface area contributed by atoms with Crippen molar-refractivity contribution in [1.29, 1.82) is 0 Å². The Bertz CT molecular complexity index is 182. The zero-order valence-electron chi connectivity index (χ0n) is 11.9. The molecule has 0 aliphatic rings. The topological polar surface area (TPSA) is 36.4 Å². The maximum absolute atomic E-state index is 4.13. The second-order valence-corrected chi connectivity index (χ2v) is 4.63. The minimum atomic E-state index is 0. The Labute approximate surface area is 124 Å². The van der Waals surface area contributed by atoms with E-state index in [1.54, 1.807) is 0 Å². The number of unbranched alkanes of at least 4 members (excludes halogenated alkanes) is 3. The van der Waals surface area contributed by atoms with E-state index in [0.29, 0.717) is 0 Å². The Morgan fingerprint density at radius 2 is 1.71 bits per heavy atom. The van der Waals surface area contributed by atoms with Crippen molar-refractivity contribution in [2.45, 2.75) is 52.9 Å². The molecule has 2 N–H and O–H groups in total. The van der Waals surface area contributed by atoms with Crippen LogP contribution in [-0.4, -0.2) is 26.1 Å². The molecule has 0 rings (SSSR count). The van der Waals surface area contributed by atoms with Crippen molar-refractivity contribution >= 4 is 29.9 Å². The Morgan fingerprint density at radius 1 is 1.06 bits per heavy atom. The van der Waals surface area contributed by atoms with Crippen molar-refractivity contribution in [2.75, 3.05) is 20.1 Å². The molecular weight excluding hydrogens is 325 g/mol. The summed E-state index contributed by atoms with van der Waals surface area (Å²) >= 11 is 0. The Morgan fingerprint density at radius 3 is 2.24 bits per heavy atom. The van der Waals surface area contributed by atoms with E-state index in [9.17, 15) is 0 Å². The molecule has 0 saturated heterocycles. The van der Waals surface area contributed by atoms with Crippen molar-refractivity contribution in [1.82, 2.24) is 10.6 Å². The van der Waals surface area contributed by atoms with Gasteiger partial charge in [0.2, 0.25) is 0 Å². The van der Waals surface area contributed by atoms with Crippen LogP contribution in [0.15, 0.2) is 4.99 Å². The van der Waals surface area contributed by atoms with Gasteiger partial charge in [-0.25, -0.2) is 0 Å². The molecule has 3 nitrogen and oxygen atoms in total. The number of guanidine groups is 1. The molecule has 0 amide bonds. The van der Waals surface area contributed by atoms with E-state index in [0.717, 1.165) is 25.0 Å². The summed E-state index contributed by atoms with van der Waals surface area (Å²) in [6, 6.07) is 0. The lowest BCUT2D eigenvalue weighted by Gasteiger charge is -2.10. The molecule has 0 aliphatic carbocycles. The highest BCUT2D eigenvalue weighted by molar-refractivity contribution is 14.0. The van der Waals surface area contributed by atoms with Crippen molar-refractivity contribution in [3.8, 4) is 0 Å². The standard InChI is InChI=1S/C13H29N3.HI/c1-5-15-13(14-4)16-11-9-7-6-8-10-12(2)3;/h12H,5-11H2,1-4H3,(H2,14,15,16);1H. The molecule has 0 heterocycles. The first-order chi connectivity index (χ1) is 7.70. The lowest BCUT2D eigenvalue weighted by atomic mass is 10.0. The minimum Gasteiger partial charge on any atom is -0.357 e. The van der Waals surface area contributed by atoms with Crippen LogP contribution in [-0.2, 0) is 0 Å². The number of nitrogens with zero attached hydrogens (tertiary/aromatic N) is 1. The van der Waals surface area contributed by atoms with Crippen LogP contribution in [0.25, 0.3) is 0 Å². The third kappa shape index (κ3) is 13.9. The molecule has 0 aliphatic heterocycles. The van der Waals surface area contributed by atoms with Gasteiger partial charge in [0.25, 0.3) is 0 Å². The van der Waals surface area contributed by atoms with Gasteiger partial charge in [0, 0.05) is 20.1 Å². The molecule has 0 spiro atoms. The fourth-order valence-corrected chi connectivity index (χ4v) is 1.63. The molecule has 104 valence electrons. The third-order valence-corrected chi connectivity index (χ3v) is 2.57. The summed E-state index contributed by atoms with van der Waals surface area (Å²) in [4.78, 5) is 4.13. The largest absolute Gasteiger partial charge is 0.357 e. The fourth-order valence-electron chi connectivity index (χ4n) is 1.63. The monoisotopic (exact) mass is 355 g/mol. The predicted octanol–water partition coefficient (Wildman–Crippen LogP) is 3.40. The lowest BCUT2D eigenvalue weighted by molar-refractivity contribution is 0.518. The molecule has 17 heavy (non-hydrogen) atoms. The fraction of sp³-hybridized carbons (Fsp3) is 0.923. The predicted molar refractivity (Wildman–Crippen MR) is 88.4 cm³/mol. The van der Waals surface area contributed by atoms with Crippen LogP contribution < -0.4 is 10.6 Å². The van der Waals surface area contributed by atoms with E-state index in [1.807, 2.05) is 7.05 Å². The van der Waals surface area contributed by atoms with Crippen LogP contribution in [0.4, 0.5) is 0 Å².